The zero-order valence-electron chi connectivity index (χ0n) is 12.7. The highest BCUT2D eigenvalue weighted by atomic mass is 16.5. The summed E-state index contributed by atoms with van der Waals surface area (Å²) < 4.78 is 15.6. The Hall–Kier alpha value is -2.96. The minimum absolute atomic E-state index is 0.0857. The monoisotopic (exact) mass is 319 g/mol. The van der Waals surface area contributed by atoms with E-state index in [0.717, 1.165) is 0 Å². The van der Waals surface area contributed by atoms with Crippen LogP contribution in [-0.2, 0) is 11.3 Å². The summed E-state index contributed by atoms with van der Waals surface area (Å²) >= 11 is 0. The lowest BCUT2D eigenvalue weighted by Crippen LogP contribution is -2.35. The van der Waals surface area contributed by atoms with E-state index in [0.29, 0.717) is 17.3 Å². The third kappa shape index (κ3) is 4.50. The molecule has 0 saturated carbocycles. The number of nitrogens with one attached hydrogen (secondary N) is 1. The molecule has 2 N–H and O–H groups in total. The number of benzene rings is 1. The molecule has 1 unspecified atom stereocenters. The average Bonchev–Trinajstić information content (AvgIpc) is 3.02. The van der Waals surface area contributed by atoms with Crippen molar-refractivity contribution < 1.29 is 28.6 Å². The lowest BCUT2D eigenvalue weighted by Gasteiger charge is -2.14. The van der Waals surface area contributed by atoms with Crippen LogP contribution >= 0.6 is 0 Å². The fraction of sp³-hybridized carbons (Fsp3) is 0.250. The summed E-state index contributed by atoms with van der Waals surface area (Å²) in [5, 5.41) is 11.4. The molecule has 1 aromatic heterocycles. The average molecular weight is 319 g/mol. The maximum Gasteiger partial charge on any atom is 0.371 e. The third-order valence-corrected chi connectivity index (χ3v) is 3.05. The first-order valence-electron chi connectivity index (χ1n) is 6.90. The molecule has 7 heteroatoms. The Balaban J connectivity index is 1.85. The van der Waals surface area contributed by atoms with E-state index >= 15 is 0 Å². The Morgan fingerprint density at radius 2 is 1.83 bits per heavy atom. The summed E-state index contributed by atoms with van der Waals surface area (Å²) in [6.07, 6.45) is -0.711. The van der Waals surface area contributed by atoms with E-state index in [-0.39, 0.29) is 18.2 Å². The van der Waals surface area contributed by atoms with Crippen molar-refractivity contribution >= 4 is 11.9 Å². The van der Waals surface area contributed by atoms with E-state index in [1.807, 2.05) is 0 Å². The number of carbonyl (C=O) groups excluding carboxylic acids is 1. The number of carboxylic acids is 1. The standard InChI is InChI=1S/C16H17NO6/c1-10(22-12-5-3-11(21-2)4-6-12)15(18)17-9-13-7-8-14(23-13)16(19)20/h3-8,10H,9H2,1-2H3,(H,17,18)(H,19,20). The van der Waals surface area contributed by atoms with Crippen LogP contribution in [-0.4, -0.2) is 30.2 Å². The van der Waals surface area contributed by atoms with Gasteiger partial charge in [-0.25, -0.2) is 4.79 Å². The van der Waals surface area contributed by atoms with Gasteiger partial charge < -0.3 is 24.3 Å². The molecule has 7 nitrogen and oxygen atoms in total. The molecule has 0 aliphatic heterocycles. The number of rotatable bonds is 7. The molecule has 0 spiro atoms. The van der Waals surface area contributed by atoms with Crippen molar-refractivity contribution in [2.45, 2.75) is 19.6 Å². The molecule has 1 heterocycles. The molecule has 0 fully saturated rings. The van der Waals surface area contributed by atoms with E-state index in [2.05, 4.69) is 5.32 Å². The van der Waals surface area contributed by atoms with Gasteiger partial charge in [-0.15, -0.1) is 0 Å². The lowest BCUT2D eigenvalue weighted by molar-refractivity contribution is -0.127. The molecule has 2 rings (SSSR count). The van der Waals surface area contributed by atoms with Crippen molar-refractivity contribution in [2.75, 3.05) is 7.11 Å². The zero-order valence-corrected chi connectivity index (χ0v) is 12.7. The van der Waals surface area contributed by atoms with Gasteiger partial charge in [0.25, 0.3) is 5.91 Å². The summed E-state index contributed by atoms with van der Waals surface area (Å²) in [4.78, 5) is 22.7. The van der Waals surface area contributed by atoms with Crippen LogP contribution in [0.2, 0.25) is 0 Å². The van der Waals surface area contributed by atoms with Crippen LogP contribution in [0.4, 0.5) is 0 Å². The van der Waals surface area contributed by atoms with Crippen LogP contribution in [0.15, 0.2) is 40.8 Å². The molecular weight excluding hydrogens is 302 g/mol. The number of carboxylic acid groups (broad SMARTS) is 1. The Kier molecular flexibility index (Phi) is 5.24. The van der Waals surface area contributed by atoms with Crippen LogP contribution in [0.1, 0.15) is 23.2 Å². The second kappa shape index (κ2) is 7.35. The van der Waals surface area contributed by atoms with Gasteiger partial charge in [-0.1, -0.05) is 0 Å². The summed E-state index contributed by atoms with van der Waals surface area (Å²) in [7, 11) is 1.57. The Bertz CT molecular complexity index is 676. The SMILES string of the molecule is COc1ccc(OC(C)C(=O)NCc2ccc(C(=O)O)o2)cc1. The van der Waals surface area contributed by atoms with E-state index in [1.54, 1.807) is 38.3 Å². The molecule has 0 aliphatic rings. The molecule has 0 bridgehead atoms. The number of methoxy groups -OCH3 is 1. The number of hydrogen-bond acceptors (Lipinski definition) is 5. The fourth-order valence-corrected chi connectivity index (χ4v) is 1.82. The number of amides is 1. The van der Waals surface area contributed by atoms with Gasteiger partial charge in [-0.05, 0) is 43.3 Å². The molecule has 1 aromatic carbocycles. The highest BCUT2D eigenvalue weighted by molar-refractivity contribution is 5.84. The molecule has 0 aliphatic carbocycles. The maximum absolute atomic E-state index is 12.0. The van der Waals surface area contributed by atoms with Gasteiger partial charge >= 0.3 is 5.97 Å². The minimum atomic E-state index is -1.15. The van der Waals surface area contributed by atoms with Crippen molar-refractivity contribution in [3.63, 3.8) is 0 Å². The van der Waals surface area contributed by atoms with E-state index in [9.17, 15) is 9.59 Å². The number of carbonyl (C=O) groups is 2. The van der Waals surface area contributed by atoms with Crippen molar-refractivity contribution in [3.05, 3.63) is 47.9 Å². The predicted molar refractivity (Wildman–Crippen MR) is 80.6 cm³/mol. The van der Waals surface area contributed by atoms with Crippen molar-refractivity contribution in [3.8, 4) is 11.5 Å². The molecule has 1 amide bonds. The summed E-state index contributed by atoms with van der Waals surface area (Å²) in [6, 6.07) is 9.70. The smallest absolute Gasteiger partial charge is 0.371 e. The van der Waals surface area contributed by atoms with Gasteiger partial charge in [0.2, 0.25) is 5.76 Å². The molecule has 0 radical (unpaired) electrons. The van der Waals surface area contributed by atoms with E-state index in [1.165, 1.54) is 12.1 Å². The zero-order chi connectivity index (χ0) is 16.8. The topological polar surface area (TPSA) is 98.0 Å². The number of furan rings is 1. The number of aromatic carboxylic acids is 1. The Labute approximate surface area is 132 Å². The highest BCUT2D eigenvalue weighted by Gasteiger charge is 2.16. The van der Waals surface area contributed by atoms with E-state index < -0.39 is 12.1 Å². The second-order valence-electron chi connectivity index (χ2n) is 4.72. The molecule has 23 heavy (non-hydrogen) atoms. The minimum Gasteiger partial charge on any atom is -0.497 e. The molecule has 122 valence electrons. The maximum atomic E-state index is 12.0. The highest BCUT2D eigenvalue weighted by Crippen LogP contribution is 2.18. The normalized spacial score (nSPS) is 11.6. The van der Waals surface area contributed by atoms with Gasteiger partial charge in [0, 0.05) is 0 Å². The van der Waals surface area contributed by atoms with Crippen LogP contribution in [0.5, 0.6) is 11.5 Å². The largest absolute Gasteiger partial charge is 0.497 e. The van der Waals surface area contributed by atoms with Gasteiger partial charge in [0.15, 0.2) is 6.10 Å². The molecule has 1 atom stereocenters. The Morgan fingerprint density at radius 3 is 2.39 bits per heavy atom. The van der Waals surface area contributed by atoms with Gasteiger partial charge in [0.1, 0.15) is 17.3 Å². The van der Waals surface area contributed by atoms with Crippen molar-refractivity contribution in [2.24, 2.45) is 0 Å². The third-order valence-electron chi connectivity index (χ3n) is 3.05. The lowest BCUT2D eigenvalue weighted by atomic mass is 10.3. The van der Waals surface area contributed by atoms with Crippen LogP contribution in [0.3, 0.4) is 0 Å². The van der Waals surface area contributed by atoms with Crippen LogP contribution in [0, 0.1) is 0 Å². The van der Waals surface area contributed by atoms with E-state index in [4.69, 9.17) is 19.0 Å². The summed E-state index contributed by atoms with van der Waals surface area (Å²) in [6.45, 7) is 1.70. The van der Waals surface area contributed by atoms with Crippen molar-refractivity contribution in [1.82, 2.24) is 5.32 Å². The quantitative estimate of drug-likeness (QED) is 0.810. The first kappa shape index (κ1) is 16.4. The second-order valence-corrected chi connectivity index (χ2v) is 4.72. The first-order valence-corrected chi connectivity index (χ1v) is 6.90. The fourth-order valence-electron chi connectivity index (χ4n) is 1.82. The van der Waals surface area contributed by atoms with Gasteiger partial charge in [-0.2, -0.15) is 0 Å². The van der Waals surface area contributed by atoms with Gasteiger partial charge in [-0.3, -0.25) is 4.79 Å². The molecule has 0 saturated heterocycles. The molecule has 2 aromatic rings. The summed E-state index contributed by atoms with van der Waals surface area (Å²) in [5.41, 5.74) is 0. The summed E-state index contributed by atoms with van der Waals surface area (Å²) in [5.74, 6) is -0.0711. The molecular formula is C16H17NO6. The first-order chi connectivity index (χ1) is 11.0. The number of ether oxygens (including phenoxy) is 2. The van der Waals surface area contributed by atoms with Gasteiger partial charge in [0.05, 0.1) is 13.7 Å². The Morgan fingerprint density at radius 1 is 1.17 bits per heavy atom. The van der Waals surface area contributed by atoms with Crippen LogP contribution < -0.4 is 14.8 Å². The predicted octanol–water partition coefficient (Wildman–Crippen LogP) is 2.07. The number of hydrogen-bond donors (Lipinski definition) is 2. The van der Waals surface area contributed by atoms with Crippen molar-refractivity contribution in [1.29, 1.82) is 0 Å². The van der Waals surface area contributed by atoms with Crippen LogP contribution in [0.25, 0.3) is 0 Å².